The monoisotopic (exact) mass is 303 g/mol. The van der Waals surface area contributed by atoms with Gasteiger partial charge in [-0.15, -0.1) is 10.2 Å². The van der Waals surface area contributed by atoms with E-state index in [0.29, 0.717) is 11.3 Å². The van der Waals surface area contributed by atoms with Crippen LogP contribution in [-0.2, 0) is 10.0 Å². The number of benzene rings is 1. The third kappa shape index (κ3) is 2.84. The number of nitrogens with zero attached hydrogens (tertiary/aromatic N) is 4. The van der Waals surface area contributed by atoms with Gasteiger partial charge in [0.15, 0.2) is 5.65 Å². The minimum atomic E-state index is -3.26. The number of hydrogen-bond acceptors (Lipinski definition) is 5. The molecule has 0 aliphatic rings. The van der Waals surface area contributed by atoms with E-state index in [-0.39, 0.29) is 5.75 Å². The smallest absolute Gasteiger partial charge is 0.232 e. The highest BCUT2D eigenvalue weighted by Crippen LogP contribution is 2.20. The van der Waals surface area contributed by atoms with E-state index in [9.17, 15) is 8.42 Å². The molecule has 8 heteroatoms. The molecule has 1 aromatic carbocycles. The molecule has 0 bridgehead atoms. The predicted octanol–water partition coefficient (Wildman–Crippen LogP) is 1.55. The first kappa shape index (κ1) is 13.5. The van der Waals surface area contributed by atoms with Crippen molar-refractivity contribution in [2.75, 3.05) is 10.5 Å². The summed E-state index contributed by atoms with van der Waals surface area (Å²) in [5.41, 5.74) is 2.84. The van der Waals surface area contributed by atoms with Crippen LogP contribution in [0, 0.1) is 0 Å². The molecule has 3 rings (SSSR count). The molecule has 0 amide bonds. The van der Waals surface area contributed by atoms with Gasteiger partial charge in [0.2, 0.25) is 10.0 Å². The molecule has 0 saturated carbocycles. The van der Waals surface area contributed by atoms with E-state index in [2.05, 4.69) is 20.0 Å². The second kappa shape index (κ2) is 5.13. The van der Waals surface area contributed by atoms with E-state index in [0.717, 1.165) is 11.3 Å². The molecule has 7 nitrogen and oxygen atoms in total. The zero-order chi connectivity index (χ0) is 14.9. The Morgan fingerprint density at radius 1 is 1.14 bits per heavy atom. The number of sulfonamides is 1. The summed E-state index contributed by atoms with van der Waals surface area (Å²) >= 11 is 0. The molecule has 2 heterocycles. The molecule has 21 heavy (non-hydrogen) atoms. The van der Waals surface area contributed by atoms with Gasteiger partial charge in [0, 0.05) is 11.3 Å². The summed E-state index contributed by atoms with van der Waals surface area (Å²) in [5, 5.41) is 12.0. The Bertz CT molecular complexity index is 871. The van der Waals surface area contributed by atoms with Crippen LogP contribution in [0.3, 0.4) is 0 Å². The van der Waals surface area contributed by atoms with Crippen LogP contribution in [0.25, 0.3) is 16.9 Å². The number of nitrogens with one attached hydrogen (secondary N) is 1. The first-order valence-electron chi connectivity index (χ1n) is 6.35. The van der Waals surface area contributed by atoms with Gasteiger partial charge in [-0.3, -0.25) is 4.72 Å². The van der Waals surface area contributed by atoms with Crippen molar-refractivity contribution in [3.63, 3.8) is 0 Å². The normalized spacial score (nSPS) is 11.7. The van der Waals surface area contributed by atoms with Crippen molar-refractivity contribution in [2.24, 2.45) is 0 Å². The van der Waals surface area contributed by atoms with Gasteiger partial charge in [0.1, 0.15) is 6.33 Å². The van der Waals surface area contributed by atoms with Gasteiger partial charge in [0.05, 0.1) is 11.4 Å². The van der Waals surface area contributed by atoms with Crippen LogP contribution in [0.4, 0.5) is 5.69 Å². The molecule has 0 aliphatic heterocycles. The van der Waals surface area contributed by atoms with Crippen molar-refractivity contribution in [3.8, 4) is 11.3 Å². The van der Waals surface area contributed by atoms with Crippen LogP contribution >= 0.6 is 0 Å². The van der Waals surface area contributed by atoms with E-state index in [1.54, 1.807) is 23.6 Å². The Balaban J connectivity index is 1.89. The molecule has 2 aromatic heterocycles. The van der Waals surface area contributed by atoms with Crippen molar-refractivity contribution in [3.05, 3.63) is 42.7 Å². The summed E-state index contributed by atoms with van der Waals surface area (Å²) in [4.78, 5) is 0. The quantitative estimate of drug-likeness (QED) is 0.790. The minimum Gasteiger partial charge on any atom is -0.284 e. The molecule has 108 valence electrons. The first-order chi connectivity index (χ1) is 10.1. The maximum atomic E-state index is 11.5. The number of fused-ring (bicyclic) bond motifs is 1. The van der Waals surface area contributed by atoms with Gasteiger partial charge in [0.25, 0.3) is 0 Å². The van der Waals surface area contributed by atoms with Crippen LogP contribution in [0.5, 0.6) is 0 Å². The summed E-state index contributed by atoms with van der Waals surface area (Å²) in [5.74, 6) is 0.0423. The topological polar surface area (TPSA) is 89.2 Å². The maximum absolute atomic E-state index is 11.5. The van der Waals surface area contributed by atoms with Crippen LogP contribution in [0.1, 0.15) is 6.92 Å². The van der Waals surface area contributed by atoms with Gasteiger partial charge in [-0.25, -0.2) is 8.42 Å². The van der Waals surface area contributed by atoms with E-state index in [1.807, 2.05) is 24.3 Å². The van der Waals surface area contributed by atoms with E-state index >= 15 is 0 Å². The van der Waals surface area contributed by atoms with Gasteiger partial charge in [-0.2, -0.15) is 9.61 Å². The molecule has 0 atom stereocenters. The van der Waals surface area contributed by atoms with Gasteiger partial charge in [-0.05, 0) is 31.2 Å². The standard InChI is InChI=1S/C13H13N5O2S/c1-2-21(19,20)17-11-5-3-10(4-6-11)12-7-8-13-15-14-9-18(13)16-12/h3-9,17H,2H2,1H3. The summed E-state index contributed by atoms with van der Waals surface area (Å²) in [6, 6.07) is 10.7. The average Bonchev–Trinajstić information content (AvgIpc) is 2.95. The number of aromatic nitrogens is 4. The molecule has 0 unspecified atom stereocenters. The maximum Gasteiger partial charge on any atom is 0.232 e. The van der Waals surface area contributed by atoms with Crippen LogP contribution < -0.4 is 4.72 Å². The largest absolute Gasteiger partial charge is 0.284 e. The molecule has 0 spiro atoms. The Morgan fingerprint density at radius 2 is 1.90 bits per heavy atom. The summed E-state index contributed by atoms with van der Waals surface area (Å²) < 4.78 is 27.1. The van der Waals surface area contributed by atoms with E-state index in [4.69, 9.17) is 0 Å². The highest BCUT2D eigenvalue weighted by molar-refractivity contribution is 7.92. The lowest BCUT2D eigenvalue weighted by atomic mass is 10.1. The van der Waals surface area contributed by atoms with Crippen LogP contribution in [0.15, 0.2) is 42.7 Å². The van der Waals surface area contributed by atoms with Crippen molar-refractivity contribution >= 4 is 21.4 Å². The van der Waals surface area contributed by atoms with Crippen LogP contribution in [0.2, 0.25) is 0 Å². The van der Waals surface area contributed by atoms with Gasteiger partial charge < -0.3 is 0 Å². The molecule has 0 radical (unpaired) electrons. The van der Waals surface area contributed by atoms with Crippen molar-refractivity contribution in [1.82, 2.24) is 19.8 Å². The van der Waals surface area contributed by atoms with Gasteiger partial charge >= 0.3 is 0 Å². The summed E-state index contributed by atoms with van der Waals surface area (Å²) in [7, 11) is -3.26. The molecular formula is C13H13N5O2S. The van der Waals surface area contributed by atoms with Crippen molar-refractivity contribution < 1.29 is 8.42 Å². The van der Waals surface area contributed by atoms with E-state index < -0.39 is 10.0 Å². The van der Waals surface area contributed by atoms with Gasteiger partial charge in [-0.1, -0.05) is 12.1 Å². The molecular weight excluding hydrogens is 290 g/mol. The zero-order valence-corrected chi connectivity index (χ0v) is 12.1. The lowest BCUT2D eigenvalue weighted by Gasteiger charge is -2.07. The first-order valence-corrected chi connectivity index (χ1v) is 8.00. The van der Waals surface area contributed by atoms with E-state index in [1.165, 1.54) is 6.33 Å². The number of hydrogen-bond donors (Lipinski definition) is 1. The second-order valence-electron chi connectivity index (χ2n) is 4.44. The summed E-state index contributed by atoms with van der Waals surface area (Å²) in [6.45, 7) is 1.59. The fourth-order valence-corrected chi connectivity index (χ4v) is 2.48. The SMILES string of the molecule is CCS(=O)(=O)Nc1ccc(-c2ccc3nncn3n2)cc1. The number of rotatable bonds is 4. The zero-order valence-electron chi connectivity index (χ0n) is 11.3. The molecule has 0 aliphatic carbocycles. The molecule has 0 saturated heterocycles. The van der Waals surface area contributed by atoms with Crippen LogP contribution in [-0.4, -0.2) is 34.0 Å². The fraction of sp³-hybridized carbons (Fsp3) is 0.154. The average molecular weight is 303 g/mol. The lowest BCUT2D eigenvalue weighted by molar-refractivity contribution is 0.602. The minimum absolute atomic E-state index is 0.0423. The third-order valence-electron chi connectivity index (χ3n) is 3.00. The molecule has 1 N–H and O–H groups in total. The Morgan fingerprint density at radius 3 is 2.62 bits per heavy atom. The molecule has 0 fully saturated rings. The number of anilines is 1. The predicted molar refractivity (Wildman–Crippen MR) is 79.3 cm³/mol. The lowest BCUT2D eigenvalue weighted by Crippen LogP contribution is -2.14. The Hall–Kier alpha value is -2.48. The van der Waals surface area contributed by atoms with Crippen molar-refractivity contribution in [1.29, 1.82) is 0 Å². The molecule has 3 aromatic rings. The van der Waals surface area contributed by atoms with Crippen molar-refractivity contribution in [2.45, 2.75) is 6.92 Å². The Kier molecular flexibility index (Phi) is 3.30. The summed E-state index contributed by atoms with van der Waals surface area (Å²) in [6.07, 6.45) is 1.53. The second-order valence-corrected chi connectivity index (χ2v) is 6.45. The Labute approximate surface area is 121 Å². The highest BCUT2D eigenvalue weighted by atomic mass is 32.2. The highest BCUT2D eigenvalue weighted by Gasteiger charge is 2.07. The third-order valence-corrected chi connectivity index (χ3v) is 4.30. The fourth-order valence-electron chi connectivity index (χ4n) is 1.84.